The molecule has 3 rings (SSSR count). The molecule has 3 aromatic rings. The highest BCUT2D eigenvalue weighted by atomic mass is 16.5. The average molecular weight is 392 g/mol. The number of nitrogens with zero attached hydrogens (tertiary/aromatic N) is 1. The van der Waals surface area contributed by atoms with Crippen LogP contribution in [0.1, 0.15) is 63.2 Å². The Morgan fingerprint density at radius 2 is 1.86 bits per heavy atom. The molecule has 0 radical (unpaired) electrons. The molecule has 0 aliphatic heterocycles. The second-order valence-corrected chi connectivity index (χ2v) is 7.19. The Bertz CT molecular complexity index is 933. The Labute approximate surface area is 172 Å². The van der Waals surface area contributed by atoms with Gasteiger partial charge in [0.15, 0.2) is 0 Å². The summed E-state index contributed by atoms with van der Waals surface area (Å²) in [4.78, 5) is 16.3. The van der Waals surface area contributed by atoms with E-state index >= 15 is 0 Å². The quantitative estimate of drug-likeness (QED) is 0.297. The van der Waals surface area contributed by atoms with E-state index in [2.05, 4.69) is 18.0 Å². The van der Waals surface area contributed by atoms with Crippen molar-refractivity contribution in [2.45, 2.75) is 58.7 Å². The van der Waals surface area contributed by atoms with Crippen molar-refractivity contribution in [1.82, 2.24) is 4.98 Å². The number of fused-ring (bicyclic) bond motifs is 1. The molecule has 1 atom stereocenters. The van der Waals surface area contributed by atoms with Gasteiger partial charge in [-0.3, -0.25) is 9.78 Å². The van der Waals surface area contributed by atoms with Crippen molar-refractivity contribution in [3.05, 3.63) is 71.9 Å². The van der Waals surface area contributed by atoms with E-state index in [1.165, 1.54) is 0 Å². The maximum absolute atomic E-state index is 11.9. The Hall–Kier alpha value is -2.88. The van der Waals surface area contributed by atoms with Crippen molar-refractivity contribution >= 4 is 16.9 Å². The molecule has 1 aromatic heterocycles. The molecule has 0 saturated heterocycles. The van der Waals surface area contributed by atoms with E-state index in [1.807, 2.05) is 55.5 Å². The first-order valence-corrected chi connectivity index (χ1v) is 10.5. The van der Waals surface area contributed by atoms with Crippen LogP contribution in [0.25, 0.3) is 10.9 Å². The molecule has 0 spiro atoms. The summed E-state index contributed by atoms with van der Waals surface area (Å²) in [5, 5.41) is 1.06. The summed E-state index contributed by atoms with van der Waals surface area (Å²) in [6, 6.07) is 18.0. The Kier molecular flexibility index (Phi) is 7.62. The number of carbonyl (C=O) groups is 1. The number of hydrogen-bond acceptors (Lipinski definition) is 4. The number of unbranched alkanes of at least 4 members (excludes halogenated alkanes) is 2. The summed E-state index contributed by atoms with van der Waals surface area (Å²) < 4.78 is 11.8. The van der Waals surface area contributed by atoms with E-state index in [0.29, 0.717) is 13.0 Å². The largest absolute Gasteiger partial charge is 0.487 e. The van der Waals surface area contributed by atoms with Gasteiger partial charge in [0.25, 0.3) is 0 Å². The second-order valence-electron chi connectivity index (χ2n) is 7.19. The number of para-hydroxylation sites is 1. The van der Waals surface area contributed by atoms with Crippen LogP contribution < -0.4 is 4.74 Å². The lowest BCUT2D eigenvalue weighted by Gasteiger charge is -2.19. The molecule has 0 amide bonds. The Balaban J connectivity index is 1.73. The first kappa shape index (κ1) is 20.8. The third-order valence-corrected chi connectivity index (χ3v) is 4.95. The molecular formula is C25H29NO3. The van der Waals surface area contributed by atoms with Gasteiger partial charge < -0.3 is 9.47 Å². The number of ether oxygens (including phenoxy) is 2. The zero-order valence-corrected chi connectivity index (χ0v) is 17.3. The van der Waals surface area contributed by atoms with Crippen molar-refractivity contribution in [3.8, 4) is 5.75 Å². The van der Waals surface area contributed by atoms with Crippen LogP contribution in [0.2, 0.25) is 0 Å². The number of rotatable bonds is 10. The molecule has 0 aliphatic carbocycles. The van der Waals surface area contributed by atoms with Crippen molar-refractivity contribution < 1.29 is 14.3 Å². The summed E-state index contributed by atoms with van der Waals surface area (Å²) in [6.07, 6.45) is 6.13. The van der Waals surface area contributed by atoms with Crippen molar-refractivity contribution in [2.75, 3.05) is 0 Å². The minimum absolute atomic E-state index is 0.157. The third-order valence-electron chi connectivity index (χ3n) is 4.95. The summed E-state index contributed by atoms with van der Waals surface area (Å²) in [5.41, 5.74) is 2.93. The summed E-state index contributed by atoms with van der Waals surface area (Å²) in [5.74, 6) is 0.611. The molecule has 152 valence electrons. The topological polar surface area (TPSA) is 48.4 Å². The Morgan fingerprint density at radius 3 is 2.69 bits per heavy atom. The number of carbonyl (C=O) groups excluding carboxylic acids is 1. The molecule has 2 aromatic carbocycles. The molecule has 0 saturated carbocycles. The molecule has 0 fully saturated rings. The van der Waals surface area contributed by atoms with Gasteiger partial charge in [-0.05, 0) is 42.2 Å². The van der Waals surface area contributed by atoms with E-state index in [0.717, 1.165) is 53.5 Å². The van der Waals surface area contributed by atoms with Gasteiger partial charge in [-0.25, -0.2) is 0 Å². The number of pyridine rings is 1. The van der Waals surface area contributed by atoms with Crippen LogP contribution in [-0.4, -0.2) is 11.0 Å². The fourth-order valence-corrected chi connectivity index (χ4v) is 3.35. The van der Waals surface area contributed by atoms with Crippen LogP contribution in [0.15, 0.2) is 60.8 Å². The Morgan fingerprint density at radius 1 is 1.03 bits per heavy atom. The molecule has 4 nitrogen and oxygen atoms in total. The highest BCUT2D eigenvalue weighted by Crippen LogP contribution is 2.27. The van der Waals surface area contributed by atoms with E-state index < -0.39 is 0 Å². The minimum Gasteiger partial charge on any atom is -0.487 e. The second kappa shape index (κ2) is 10.6. The van der Waals surface area contributed by atoms with Gasteiger partial charge in [-0.15, -0.1) is 0 Å². The van der Waals surface area contributed by atoms with Crippen LogP contribution in [0.4, 0.5) is 0 Å². The van der Waals surface area contributed by atoms with Gasteiger partial charge in [-0.2, -0.15) is 0 Å². The summed E-state index contributed by atoms with van der Waals surface area (Å²) in [6.45, 7) is 4.44. The van der Waals surface area contributed by atoms with E-state index in [9.17, 15) is 4.79 Å². The molecule has 1 unspecified atom stereocenters. The van der Waals surface area contributed by atoms with Crippen molar-refractivity contribution in [1.29, 1.82) is 0 Å². The standard InChI is InChI=1S/C25H29NO3/c1-3-5-6-14-22(29-24(27)4-2)21-12-7-10-19(17-21)18-28-23-15-8-11-20-13-9-16-26-25(20)23/h7-13,15-17,22H,3-6,14,18H2,1-2H3. The lowest BCUT2D eigenvalue weighted by Crippen LogP contribution is -2.11. The number of hydrogen-bond donors (Lipinski definition) is 0. The van der Waals surface area contributed by atoms with Gasteiger partial charge in [0.1, 0.15) is 24.0 Å². The van der Waals surface area contributed by atoms with Gasteiger partial charge in [0.2, 0.25) is 0 Å². The molecule has 0 N–H and O–H groups in total. The molecule has 0 aliphatic rings. The zero-order valence-electron chi connectivity index (χ0n) is 17.3. The predicted molar refractivity (Wildman–Crippen MR) is 116 cm³/mol. The van der Waals surface area contributed by atoms with E-state index in [-0.39, 0.29) is 12.1 Å². The lowest BCUT2D eigenvalue weighted by atomic mass is 10.0. The maximum atomic E-state index is 11.9. The maximum Gasteiger partial charge on any atom is 0.306 e. The molecule has 1 heterocycles. The fraction of sp³-hybridized carbons (Fsp3) is 0.360. The monoisotopic (exact) mass is 391 g/mol. The lowest BCUT2D eigenvalue weighted by molar-refractivity contribution is -0.149. The van der Waals surface area contributed by atoms with Gasteiger partial charge in [-0.1, -0.05) is 63.1 Å². The van der Waals surface area contributed by atoms with Crippen LogP contribution in [0.5, 0.6) is 5.75 Å². The number of esters is 1. The first-order chi connectivity index (χ1) is 14.2. The minimum atomic E-state index is -0.201. The third kappa shape index (κ3) is 5.80. The van der Waals surface area contributed by atoms with E-state index in [1.54, 1.807) is 6.20 Å². The van der Waals surface area contributed by atoms with Gasteiger partial charge >= 0.3 is 5.97 Å². The van der Waals surface area contributed by atoms with Crippen LogP contribution in [0, 0.1) is 0 Å². The first-order valence-electron chi connectivity index (χ1n) is 10.5. The van der Waals surface area contributed by atoms with E-state index in [4.69, 9.17) is 9.47 Å². The zero-order chi connectivity index (χ0) is 20.5. The average Bonchev–Trinajstić information content (AvgIpc) is 2.77. The van der Waals surface area contributed by atoms with Crippen LogP contribution in [0.3, 0.4) is 0 Å². The normalized spacial score (nSPS) is 11.9. The highest BCUT2D eigenvalue weighted by molar-refractivity contribution is 5.84. The molecule has 0 bridgehead atoms. The highest BCUT2D eigenvalue weighted by Gasteiger charge is 2.16. The van der Waals surface area contributed by atoms with Gasteiger partial charge in [0, 0.05) is 18.0 Å². The molecule has 4 heteroatoms. The SMILES string of the molecule is CCCCCC(OC(=O)CC)c1cccc(COc2cccc3cccnc23)c1. The van der Waals surface area contributed by atoms with Crippen LogP contribution >= 0.6 is 0 Å². The number of benzene rings is 2. The molecule has 29 heavy (non-hydrogen) atoms. The molecular weight excluding hydrogens is 362 g/mol. The summed E-state index contributed by atoms with van der Waals surface area (Å²) in [7, 11) is 0. The van der Waals surface area contributed by atoms with Crippen molar-refractivity contribution in [3.63, 3.8) is 0 Å². The van der Waals surface area contributed by atoms with Crippen LogP contribution in [-0.2, 0) is 16.1 Å². The number of aromatic nitrogens is 1. The predicted octanol–water partition coefficient (Wildman–Crippen LogP) is 6.39. The van der Waals surface area contributed by atoms with Crippen molar-refractivity contribution in [2.24, 2.45) is 0 Å². The fourth-order valence-electron chi connectivity index (χ4n) is 3.35. The smallest absolute Gasteiger partial charge is 0.306 e. The van der Waals surface area contributed by atoms with Gasteiger partial charge in [0.05, 0.1) is 0 Å². The summed E-state index contributed by atoms with van der Waals surface area (Å²) >= 11 is 0.